The van der Waals surface area contributed by atoms with Gasteiger partial charge < -0.3 is 20.1 Å². The quantitative estimate of drug-likeness (QED) is 0.313. The topological polar surface area (TPSA) is 132 Å². The summed E-state index contributed by atoms with van der Waals surface area (Å²) in [6.07, 6.45) is 5.62. The molecule has 5 aromatic rings. The molecule has 0 aliphatic carbocycles. The predicted molar refractivity (Wildman–Crippen MR) is 152 cm³/mol. The molecule has 0 aromatic carbocycles. The van der Waals surface area contributed by atoms with Gasteiger partial charge in [0.05, 0.1) is 28.8 Å². The standard InChI is InChI=1S/C28H32N10O/c1-28(2,3)14-22(39)31-18-13-17(15-29-16-18)19-5-6-20-23(32-19)25(36-35-20)27-33-24-21(7-8-30-26(24)34-27)38-11-9-37(4)10-12-38/h5-8,13,15-16H,9-12,14H2,1-4H3,(H,31,39)(H,35,36)(H,30,33,34). The third-order valence-electron chi connectivity index (χ3n) is 6.85. The van der Waals surface area contributed by atoms with Crippen LogP contribution in [0.4, 0.5) is 11.4 Å². The Morgan fingerprint density at radius 1 is 1.05 bits per heavy atom. The number of pyridine rings is 3. The highest BCUT2D eigenvalue weighted by Gasteiger charge is 2.21. The summed E-state index contributed by atoms with van der Waals surface area (Å²) < 4.78 is 0. The van der Waals surface area contributed by atoms with E-state index < -0.39 is 0 Å². The van der Waals surface area contributed by atoms with Crippen LogP contribution < -0.4 is 10.2 Å². The number of carbonyl (C=O) groups excluding carboxylic acids is 1. The lowest BCUT2D eigenvalue weighted by Crippen LogP contribution is -2.44. The zero-order chi connectivity index (χ0) is 27.1. The van der Waals surface area contributed by atoms with Crippen LogP contribution in [0.5, 0.6) is 0 Å². The molecular weight excluding hydrogens is 492 g/mol. The number of piperazine rings is 1. The Morgan fingerprint density at radius 3 is 2.67 bits per heavy atom. The number of aromatic amines is 2. The summed E-state index contributed by atoms with van der Waals surface area (Å²) in [5.41, 5.74) is 6.77. The van der Waals surface area contributed by atoms with Crippen LogP contribution in [-0.4, -0.2) is 79.2 Å². The molecule has 1 aliphatic rings. The maximum atomic E-state index is 12.4. The van der Waals surface area contributed by atoms with Crippen LogP contribution in [0.2, 0.25) is 0 Å². The first-order valence-electron chi connectivity index (χ1n) is 13.1. The lowest BCUT2D eigenvalue weighted by molar-refractivity contribution is -0.117. The zero-order valence-electron chi connectivity index (χ0n) is 22.6. The molecule has 1 fully saturated rings. The molecule has 1 saturated heterocycles. The van der Waals surface area contributed by atoms with Crippen molar-refractivity contribution in [3.8, 4) is 22.8 Å². The van der Waals surface area contributed by atoms with E-state index in [1.54, 1.807) is 12.4 Å². The van der Waals surface area contributed by atoms with Crippen molar-refractivity contribution < 1.29 is 4.79 Å². The third-order valence-corrected chi connectivity index (χ3v) is 6.85. The van der Waals surface area contributed by atoms with Crippen molar-refractivity contribution in [2.24, 2.45) is 5.41 Å². The number of hydrogen-bond donors (Lipinski definition) is 3. The van der Waals surface area contributed by atoms with Crippen LogP contribution in [-0.2, 0) is 4.79 Å². The lowest BCUT2D eigenvalue weighted by Gasteiger charge is -2.33. The number of rotatable bonds is 5. The smallest absolute Gasteiger partial charge is 0.224 e. The fraction of sp³-hybridized carbons (Fsp3) is 0.357. The Labute approximate surface area is 226 Å². The van der Waals surface area contributed by atoms with Gasteiger partial charge in [0.15, 0.2) is 17.2 Å². The summed E-state index contributed by atoms with van der Waals surface area (Å²) in [6.45, 7) is 10.0. The Hall–Kier alpha value is -4.38. The number of anilines is 2. The number of hydrogen-bond acceptors (Lipinski definition) is 8. The van der Waals surface area contributed by atoms with E-state index in [4.69, 9.17) is 9.97 Å². The number of H-pyrrole nitrogens is 2. The van der Waals surface area contributed by atoms with Gasteiger partial charge in [0.25, 0.3) is 0 Å². The molecule has 39 heavy (non-hydrogen) atoms. The number of fused-ring (bicyclic) bond motifs is 2. The van der Waals surface area contributed by atoms with Gasteiger partial charge in [-0.25, -0.2) is 15.0 Å². The minimum absolute atomic E-state index is 0.0450. The van der Waals surface area contributed by atoms with Gasteiger partial charge in [0.2, 0.25) is 5.91 Å². The fourth-order valence-electron chi connectivity index (χ4n) is 4.87. The Kier molecular flexibility index (Phi) is 6.22. The number of aromatic nitrogens is 7. The van der Waals surface area contributed by atoms with Crippen LogP contribution in [0.1, 0.15) is 27.2 Å². The van der Waals surface area contributed by atoms with Crippen molar-refractivity contribution in [3.63, 3.8) is 0 Å². The summed E-state index contributed by atoms with van der Waals surface area (Å²) >= 11 is 0. The second kappa shape index (κ2) is 9.73. The Bertz CT molecular complexity index is 1660. The van der Waals surface area contributed by atoms with E-state index in [2.05, 4.69) is 47.3 Å². The van der Waals surface area contributed by atoms with Gasteiger partial charge in [-0.05, 0) is 36.7 Å². The van der Waals surface area contributed by atoms with Gasteiger partial charge in [-0.1, -0.05) is 20.8 Å². The van der Waals surface area contributed by atoms with Gasteiger partial charge >= 0.3 is 0 Å². The van der Waals surface area contributed by atoms with E-state index in [1.165, 1.54) is 0 Å². The van der Waals surface area contributed by atoms with Gasteiger partial charge in [-0.2, -0.15) is 5.10 Å². The van der Waals surface area contributed by atoms with Crippen molar-refractivity contribution in [3.05, 3.63) is 42.9 Å². The molecule has 0 atom stereocenters. The second-order valence-corrected chi connectivity index (χ2v) is 11.3. The average molecular weight is 525 g/mol. The van der Waals surface area contributed by atoms with Crippen molar-refractivity contribution in [1.29, 1.82) is 0 Å². The van der Waals surface area contributed by atoms with Gasteiger partial charge in [-0.15, -0.1) is 0 Å². The molecule has 11 heteroatoms. The highest BCUT2D eigenvalue weighted by atomic mass is 16.1. The highest BCUT2D eigenvalue weighted by Crippen LogP contribution is 2.31. The highest BCUT2D eigenvalue weighted by molar-refractivity contribution is 5.94. The number of nitrogens with one attached hydrogen (secondary N) is 3. The van der Waals surface area contributed by atoms with Crippen molar-refractivity contribution in [2.45, 2.75) is 27.2 Å². The van der Waals surface area contributed by atoms with E-state index in [-0.39, 0.29) is 11.3 Å². The van der Waals surface area contributed by atoms with E-state index in [1.807, 2.05) is 51.2 Å². The first-order valence-corrected chi connectivity index (χ1v) is 13.1. The van der Waals surface area contributed by atoms with Crippen LogP contribution in [0, 0.1) is 5.41 Å². The number of carbonyl (C=O) groups is 1. The molecule has 6 rings (SSSR count). The molecular formula is C28H32N10O. The molecule has 0 bridgehead atoms. The molecule has 200 valence electrons. The third kappa shape index (κ3) is 5.17. The zero-order valence-corrected chi connectivity index (χ0v) is 22.6. The maximum Gasteiger partial charge on any atom is 0.224 e. The van der Waals surface area contributed by atoms with Gasteiger partial charge in [-0.3, -0.25) is 14.9 Å². The van der Waals surface area contributed by atoms with Gasteiger partial charge in [0, 0.05) is 50.6 Å². The summed E-state index contributed by atoms with van der Waals surface area (Å²) in [6, 6.07) is 7.76. The summed E-state index contributed by atoms with van der Waals surface area (Å²) in [7, 11) is 2.14. The van der Waals surface area contributed by atoms with Crippen LogP contribution in [0.15, 0.2) is 42.9 Å². The van der Waals surface area contributed by atoms with E-state index in [9.17, 15) is 4.79 Å². The molecule has 1 aliphatic heterocycles. The first-order chi connectivity index (χ1) is 18.7. The van der Waals surface area contributed by atoms with Crippen molar-refractivity contribution in [1.82, 2.24) is 40.0 Å². The summed E-state index contributed by atoms with van der Waals surface area (Å²) in [5.74, 6) is 0.563. The number of amides is 1. The largest absolute Gasteiger partial charge is 0.367 e. The second-order valence-electron chi connectivity index (χ2n) is 11.3. The van der Waals surface area contributed by atoms with Crippen LogP contribution in [0.25, 0.3) is 45.0 Å². The van der Waals surface area contributed by atoms with Gasteiger partial charge in [0.1, 0.15) is 11.0 Å². The van der Waals surface area contributed by atoms with Crippen LogP contribution >= 0.6 is 0 Å². The van der Waals surface area contributed by atoms with E-state index >= 15 is 0 Å². The predicted octanol–water partition coefficient (Wildman–Crippen LogP) is 4.08. The monoisotopic (exact) mass is 524 g/mol. The molecule has 6 heterocycles. The minimum atomic E-state index is -0.100. The molecule has 3 N–H and O–H groups in total. The summed E-state index contributed by atoms with van der Waals surface area (Å²) in [4.78, 5) is 39.2. The average Bonchev–Trinajstić information content (AvgIpc) is 3.52. The molecule has 5 aromatic heterocycles. The Morgan fingerprint density at radius 2 is 1.87 bits per heavy atom. The van der Waals surface area contributed by atoms with E-state index in [0.29, 0.717) is 29.1 Å². The SMILES string of the molecule is CN1CCN(c2ccnc3[nH]c(-c4n[nH]c5ccc(-c6cncc(NC(=O)CC(C)(C)C)c6)nc45)nc23)CC1. The molecule has 1 amide bonds. The number of likely N-dealkylation sites (N-methyl/N-ethyl adjacent to an activating group) is 1. The normalized spacial score (nSPS) is 14.8. The lowest BCUT2D eigenvalue weighted by atomic mass is 9.92. The Balaban J connectivity index is 1.32. The fourth-order valence-corrected chi connectivity index (χ4v) is 4.87. The molecule has 0 spiro atoms. The first kappa shape index (κ1) is 24.9. The molecule has 0 saturated carbocycles. The number of nitrogens with zero attached hydrogens (tertiary/aromatic N) is 7. The minimum Gasteiger partial charge on any atom is -0.367 e. The van der Waals surface area contributed by atoms with Crippen molar-refractivity contribution in [2.75, 3.05) is 43.4 Å². The van der Waals surface area contributed by atoms with E-state index in [0.717, 1.165) is 59.8 Å². The van der Waals surface area contributed by atoms with Crippen LogP contribution in [0.3, 0.4) is 0 Å². The summed E-state index contributed by atoms with van der Waals surface area (Å²) in [5, 5.41) is 10.6. The maximum absolute atomic E-state index is 12.4. The molecule has 0 unspecified atom stereocenters. The van der Waals surface area contributed by atoms with Crippen molar-refractivity contribution >= 4 is 39.5 Å². The molecule has 0 radical (unpaired) electrons. The number of imidazole rings is 1. The molecule has 11 nitrogen and oxygen atoms in total.